The lowest BCUT2D eigenvalue weighted by molar-refractivity contribution is 0.220. The molecule has 1 aliphatic rings. The summed E-state index contributed by atoms with van der Waals surface area (Å²) in [6, 6.07) is 4.58. The van der Waals surface area contributed by atoms with E-state index in [1.54, 1.807) is 13.1 Å². The first-order chi connectivity index (χ1) is 11.8. The van der Waals surface area contributed by atoms with Crippen LogP contribution in [0.1, 0.15) is 32.3 Å². The molecule has 0 amide bonds. The fraction of sp³-hybridized carbons (Fsp3) is 0.632. The van der Waals surface area contributed by atoms with Crippen LogP contribution >= 0.6 is 11.6 Å². The second-order valence-corrected chi connectivity index (χ2v) is 7.97. The largest absolute Gasteiger partial charge is 0.356 e. The Labute approximate surface area is 155 Å². The molecule has 1 fully saturated rings. The number of rotatable bonds is 5. The number of nitrogens with one attached hydrogen (secondary N) is 2. The molecule has 0 aliphatic carbocycles. The van der Waals surface area contributed by atoms with Crippen molar-refractivity contribution in [2.75, 3.05) is 40.3 Å². The van der Waals surface area contributed by atoms with Gasteiger partial charge in [-0.05, 0) is 56.6 Å². The number of halogens is 2. The number of nitrogens with zero attached hydrogens (tertiary/aromatic N) is 2. The molecule has 4 nitrogen and oxygen atoms in total. The van der Waals surface area contributed by atoms with Crippen LogP contribution in [0.5, 0.6) is 0 Å². The molecule has 0 spiro atoms. The maximum Gasteiger partial charge on any atom is 0.191 e. The standard InChI is InChI=1S/C19H30ClFN4/c1-19(2,16-6-5-15(21)11-17(16)20)13-24-18(22-3)23-12-14-7-9-25(4)10-8-14/h5-6,11,14H,7-10,12-13H2,1-4H3,(H2,22,23,24). The van der Waals surface area contributed by atoms with Gasteiger partial charge in [0.25, 0.3) is 0 Å². The highest BCUT2D eigenvalue weighted by molar-refractivity contribution is 6.31. The third-order valence-electron chi connectivity index (χ3n) is 4.98. The van der Waals surface area contributed by atoms with Gasteiger partial charge in [0.2, 0.25) is 0 Å². The van der Waals surface area contributed by atoms with E-state index in [2.05, 4.69) is 41.4 Å². The molecule has 1 aromatic carbocycles. The normalized spacial score (nSPS) is 17.6. The number of guanidine groups is 1. The SMILES string of the molecule is CN=C(NCC1CCN(C)CC1)NCC(C)(C)c1ccc(F)cc1Cl. The van der Waals surface area contributed by atoms with Crippen molar-refractivity contribution in [2.45, 2.75) is 32.1 Å². The van der Waals surface area contributed by atoms with Gasteiger partial charge in [-0.15, -0.1) is 0 Å². The zero-order chi connectivity index (χ0) is 18.4. The van der Waals surface area contributed by atoms with Crippen LogP contribution in [0.3, 0.4) is 0 Å². The van der Waals surface area contributed by atoms with Crippen LogP contribution in [-0.4, -0.2) is 51.1 Å². The van der Waals surface area contributed by atoms with Crippen molar-refractivity contribution in [3.8, 4) is 0 Å². The molecule has 6 heteroatoms. The minimum Gasteiger partial charge on any atom is -0.356 e. The highest BCUT2D eigenvalue weighted by atomic mass is 35.5. The van der Waals surface area contributed by atoms with Crippen molar-refractivity contribution in [1.82, 2.24) is 15.5 Å². The quantitative estimate of drug-likeness (QED) is 0.619. The minimum absolute atomic E-state index is 0.240. The van der Waals surface area contributed by atoms with Gasteiger partial charge < -0.3 is 15.5 Å². The van der Waals surface area contributed by atoms with Crippen LogP contribution < -0.4 is 10.6 Å². The topological polar surface area (TPSA) is 39.7 Å². The minimum atomic E-state index is -0.312. The summed E-state index contributed by atoms with van der Waals surface area (Å²) in [5.74, 6) is 1.17. The molecule has 1 aromatic rings. The van der Waals surface area contributed by atoms with E-state index in [4.69, 9.17) is 11.6 Å². The van der Waals surface area contributed by atoms with Crippen molar-refractivity contribution in [2.24, 2.45) is 10.9 Å². The van der Waals surface area contributed by atoms with Gasteiger partial charge in [-0.25, -0.2) is 4.39 Å². The van der Waals surface area contributed by atoms with Gasteiger partial charge in [-0.2, -0.15) is 0 Å². The monoisotopic (exact) mass is 368 g/mol. The Kier molecular flexibility index (Phi) is 7.08. The lowest BCUT2D eigenvalue weighted by Crippen LogP contribution is -2.45. The third kappa shape index (κ3) is 5.86. The summed E-state index contributed by atoms with van der Waals surface area (Å²) in [6.45, 7) is 8.09. The van der Waals surface area contributed by atoms with E-state index in [-0.39, 0.29) is 11.2 Å². The Balaban J connectivity index is 1.86. The van der Waals surface area contributed by atoms with E-state index in [1.165, 1.54) is 25.0 Å². The van der Waals surface area contributed by atoms with Crippen molar-refractivity contribution < 1.29 is 4.39 Å². The molecule has 0 unspecified atom stereocenters. The Morgan fingerprint density at radius 2 is 2.00 bits per heavy atom. The van der Waals surface area contributed by atoms with Gasteiger partial charge in [0.05, 0.1) is 0 Å². The van der Waals surface area contributed by atoms with Gasteiger partial charge in [0.15, 0.2) is 5.96 Å². The molecule has 25 heavy (non-hydrogen) atoms. The van der Waals surface area contributed by atoms with Crippen LogP contribution in [-0.2, 0) is 5.41 Å². The fourth-order valence-corrected chi connectivity index (χ4v) is 3.59. The average Bonchev–Trinajstić information content (AvgIpc) is 2.56. The summed E-state index contributed by atoms with van der Waals surface area (Å²) in [5.41, 5.74) is 0.685. The Hall–Kier alpha value is -1.33. The number of hydrogen-bond donors (Lipinski definition) is 2. The summed E-state index contributed by atoms with van der Waals surface area (Å²) in [7, 11) is 3.95. The van der Waals surface area contributed by atoms with Crippen LogP contribution in [0.4, 0.5) is 4.39 Å². The molecular formula is C19H30ClFN4. The van der Waals surface area contributed by atoms with Crippen LogP contribution in [0.15, 0.2) is 23.2 Å². The molecule has 0 bridgehead atoms. The molecular weight excluding hydrogens is 339 g/mol. The summed E-state index contributed by atoms with van der Waals surface area (Å²) in [5, 5.41) is 7.26. The number of piperidine rings is 1. The van der Waals surface area contributed by atoms with Gasteiger partial charge >= 0.3 is 0 Å². The predicted molar refractivity (Wildman–Crippen MR) is 104 cm³/mol. The fourth-order valence-electron chi connectivity index (χ4n) is 3.17. The zero-order valence-electron chi connectivity index (χ0n) is 15.7. The molecule has 0 radical (unpaired) electrons. The Morgan fingerprint density at radius 1 is 1.32 bits per heavy atom. The van der Waals surface area contributed by atoms with E-state index in [9.17, 15) is 4.39 Å². The van der Waals surface area contributed by atoms with Crippen molar-refractivity contribution in [3.05, 3.63) is 34.6 Å². The second kappa shape index (κ2) is 8.86. The van der Waals surface area contributed by atoms with E-state index < -0.39 is 0 Å². The lowest BCUT2D eigenvalue weighted by atomic mass is 9.84. The van der Waals surface area contributed by atoms with Gasteiger partial charge in [-0.3, -0.25) is 4.99 Å². The first kappa shape index (κ1) is 20.0. The van der Waals surface area contributed by atoms with Crippen LogP contribution in [0, 0.1) is 11.7 Å². The summed E-state index contributed by atoms with van der Waals surface area (Å²) >= 11 is 6.22. The van der Waals surface area contributed by atoms with Gasteiger partial charge in [0.1, 0.15) is 5.82 Å². The molecule has 1 heterocycles. The van der Waals surface area contributed by atoms with Crippen LogP contribution in [0.2, 0.25) is 5.02 Å². The number of benzene rings is 1. The van der Waals surface area contributed by atoms with Gasteiger partial charge in [0, 0.05) is 30.6 Å². The Bertz CT molecular complexity index is 595. The van der Waals surface area contributed by atoms with E-state index in [0.717, 1.165) is 31.2 Å². The molecule has 1 saturated heterocycles. The van der Waals surface area contributed by atoms with E-state index >= 15 is 0 Å². The number of hydrogen-bond acceptors (Lipinski definition) is 2. The summed E-state index contributed by atoms with van der Waals surface area (Å²) in [4.78, 5) is 6.69. The Morgan fingerprint density at radius 3 is 2.60 bits per heavy atom. The average molecular weight is 369 g/mol. The maximum absolute atomic E-state index is 13.3. The van der Waals surface area contributed by atoms with E-state index in [0.29, 0.717) is 17.5 Å². The molecule has 0 saturated carbocycles. The highest BCUT2D eigenvalue weighted by Gasteiger charge is 2.24. The first-order valence-corrected chi connectivity index (χ1v) is 9.28. The molecule has 1 aliphatic heterocycles. The van der Waals surface area contributed by atoms with E-state index in [1.807, 2.05) is 0 Å². The molecule has 0 aromatic heterocycles. The maximum atomic E-state index is 13.3. The summed E-state index contributed by atoms with van der Waals surface area (Å²) in [6.07, 6.45) is 2.44. The zero-order valence-corrected chi connectivity index (χ0v) is 16.5. The molecule has 0 atom stereocenters. The lowest BCUT2D eigenvalue weighted by Gasteiger charge is -2.30. The van der Waals surface area contributed by atoms with Crippen molar-refractivity contribution >= 4 is 17.6 Å². The van der Waals surface area contributed by atoms with Gasteiger partial charge in [-0.1, -0.05) is 31.5 Å². The smallest absolute Gasteiger partial charge is 0.191 e. The van der Waals surface area contributed by atoms with Crippen molar-refractivity contribution in [3.63, 3.8) is 0 Å². The number of likely N-dealkylation sites (tertiary alicyclic amines) is 1. The summed E-state index contributed by atoms with van der Waals surface area (Å²) < 4.78 is 13.3. The van der Waals surface area contributed by atoms with Crippen LogP contribution in [0.25, 0.3) is 0 Å². The highest BCUT2D eigenvalue weighted by Crippen LogP contribution is 2.29. The molecule has 2 rings (SSSR count). The predicted octanol–water partition coefficient (Wildman–Crippen LogP) is 3.26. The third-order valence-corrected chi connectivity index (χ3v) is 5.29. The molecule has 2 N–H and O–H groups in total. The molecule has 140 valence electrons. The van der Waals surface area contributed by atoms with Crippen molar-refractivity contribution in [1.29, 1.82) is 0 Å². The second-order valence-electron chi connectivity index (χ2n) is 7.56. The number of aliphatic imine (C=N–C) groups is 1. The first-order valence-electron chi connectivity index (χ1n) is 8.90.